The molecule has 8 heavy (non-hydrogen) atoms. The Bertz CT molecular complexity index is 41.8. The lowest BCUT2D eigenvalue weighted by Gasteiger charge is -2.04. The summed E-state index contributed by atoms with van der Waals surface area (Å²) in [5.74, 6) is 8.45. The molecule has 0 aliphatic rings. The van der Waals surface area contributed by atoms with Gasteiger partial charge in [-0.3, -0.25) is 4.84 Å². The summed E-state index contributed by atoms with van der Waals surface area (Å²) in [4.78, 5) is 3.96. The lowest BCUT2D eigenvalue weighted by molar-refractivity contribution is 0.0867. The maximum Gasteiger partial charge on any atom is 0.0745 e. The Morgan fingerprint density at radius 3 is 2.62 bits per heavy atom. The summed E-state index contributed by atoms with van der Waals surface area (Å²) in [5, 5.41) is 0. The van der Waals surface area contributed by atoms with Crippen molar-refractivity contribution in [2.75, 3.05) is 6.61 Å². The van der Waals surface area contributed by atoms with E-state index < -0.39 is 0 Å². The highest BCUT2D eigenvalue weighted by atomic mass is 16.6. The molecule has 0 heterocycles. The van der Waals surface area contributed by atoms with E-state index in [1.165, 1.54) is 0 Å². The maximum atomic E-state index is 7.96. The Morgan fingerprint density at radius 2 is 2.25 bits per heavy atom. The fraction of sp³-hybridized carbons (Fsp3) is 1.00. The second-order valence-electron chi connectivity index (χ2n) is 2.19. The molecule has 0 N–H and O–H groups in total. The molecule has 0 aliphatic heterocycles. The SMILES string of the molecule is CCCC(C)CO[N]. The molecule has 0 amide bonds. The first kappa shape index (κ1) is 7.92. The van der Waals surface area contributed by atoms with Gasteiger partial charge >= 0.3 is 0 Å². The second-order valence-corrected chi connectivity index (χ2v) is 2.19. The zero-order valence-electron chi connectivity index (χ0n) is 5.55. The van der Waals surface area contributed by atoms with E-state index in [1.54, 1.807) is 0 Å². The van der Waals surface area contributed by atoms with E-state index in [0.717, 1.165) is 12.8 Å². The fourth-order valence-corrected chi connectivity index (χ4v) is 0.703. The van der Waals surface area contributed by atoms with Gasteiger partial charge in [0.1, 0.15) is 0 Å². The second kappa shape index (κ2) is 5.06. The van der Waals surface area contributed by atoms with E-state index in [2.05, 4.69) is 18.7 Å². The first-order valence-electron chi connectivity index (χ1n) is 3.07. The highest BCUT2D eigenvalue weighted by Crippen LogP contribution is 2.03. The average Bonchev–Trinajstić information content (AvgIpc) is 1.68. The van der Waals surface area contributed by atoms with Gasteiger partial charge in [0.25, 0.3) is 0 Å². The van der Waals surface area contributed by atoms with Crippen LogP contribution in [0.5, 0.6) is 0 Å². The Hall–Kier alpha value is -0.0800. The molecule has 0 fully saturated rings. The van der Waals surface area contributed by atoms with E-state index in [1.807, 2.05) is 0 Å². The summed E-state index contributed by atoms with van der Waals surface area (Å²) in [6, 6.07) is 0. The molecule has 0 rings (SSSR count). The molecule has 0 aliphatic carbocycles. The van der Waals surface area contributed by atoms with Crippen molar-refractivity contribution < 1.29 is 4.84 Å². The lowest BCUT2D eigenvalue weighted by atomic mass is 10.1. The van der Waals surface area contributed by atoms with Crippen molar-refractivity contribution in [2.45, 2.75) is 26.7 Å². The number of hydrogen-bond donors (Lipinski definition) is 0. The predicted octanol–water partition coefficient (Wildman–Crippen LogP) is 1.42. The molecule has 0 saturated carbocycles. The van der Waals surface area contributed by atoms with Crippen LogP contribution < -0.4 is 5.90 Å². The molecule has 48 valence electrons. The van der Waals surface area contributed by atoms with Gasteiger partial charge in [-0.25, -0.2) is 0 Å². The normalized spacial score (nSPS) is 13.9. The van der Waals surface area contributed by atoms with Gasteiger partial charge in [0, 0.05) is 5.90 Å². The molecular weight excluding hydrogens is 102 g/mol. The minimum Gasteiger partial charge on any atom is -0.263 e. The first-order valence-corrected chi connectivity index (χ1v) is 3.07. The molecule has 1 unspecified atom stereocenters. The van der Waals surface area contributed by atoms with Crippen LogP contribution in [-0.2, 0) is 4.84 Å². The van der Waals surface area contributed by atoms with E-state index >= 15 is 0 Å². The van der Waals surface area contributed by atoms with Crippen LogP contribution in [0.15, 0.2) is 0 Å². The van der Waals surface area contributed by atoms with E-state index in [4.69, 9.17) is 5.90 Å². The molecule has 0 aromatic carbocycles. The summed E-state index contributed by atoms with van der Waals surface area (Å²) >= 11 is 0. The molecule has 2 heteroatoms. The van der Waals surface area contributed by atoms with Crippen LogP contribution in [-0.4, -0.2) is 6.61 Å². The van der Waals surface area contributed by atoms with Crippen molar-refractivity contribution in [2.24, 2.45) is 5.92 Å². The molecule has 0 bridgehead atoms. The molecule has 0 aromatic heterocycles. The van der Waals surface area contributed by atoms with E-state index in [-0.39, 0.29) is 0 Å². The van der Waals surface area contributed by atoms with Crippen molar-refractivity contribution in [3.63, 3.8) is 0 Å². The predicted molar refractivity (Wildman–Crippen MR) is 32.2 cm³/mol. The fourth-order valence-electron chi connectivity index (χ4n) is 0.703. The average molecular weight is 115 g/mol. The largest absolute Gasteiger partial charge is 0.263 e. The van der Waals surface area contributed by atoms with Crippen LogP contribution in [0.2, 0.25) is 0 Å². The van der Waals surface area contributed by atoms with Gasteiger partial charge in [-0.2, -0.15) is 0 Å². The van der Waals surface area contributed by atoms with Gasteiger partial charge in [0.2, 0.25) is 0 Å². The highest BCUT2D eigenvalue weighted by molar-refractivity contribution is 4.47. The molecule has 2 nitrogen and oxygen atoms in total. The monoisotopic (exact) mass is 115 g/mol. The third-order valence-electron chi connectivity index (χ3n) is 1.14. The topological polar surface area (TPSA) is 31.5 Å². The number of nitrogens with zero attached hydrogens (tertiary/aromatic N) is 1. The summed E-state index contributed by atoms with van der Waals surface area (Å²) < 4.78 is 0. The number of hydrogen-bond acceptors (Lipinski definition) is 1. The first-order chi connectivity index (χ1) is 3.81. The van der Waals surface area contributed by atoms with Gasteiger partial charge in [-0.1, -0.05) is 20.3 Å². The van der Waals surface area contributed by atoms with Gasteiger partial charge < -0.3 is 0 Å². The standard InChI is InChI=1S/C6H13NO/c1-3-4-6(2)5-8-7/h6H,3-5H2,1-2H3. The Morgan fingerprint density at radius 1 is 1.62 bits per heavy atom. The zero-order valence-corrected chi connectivity index (χ0v) is 5.55. The van der Waals surface area contributed by atoms with Crippen molar-refractivity contribution >= 4 is 0 Å². The van der Waals surface area contributed by atoms with Crippen LogP contribution in [0.3, 0.4) is 0 Å². The molecule has 2 radical (unpaired) electrons. The van der Waals surface area contributed by atoms with Gasteiger partial charge in [-0.15, -0.1) is 0 Å². The molecular formula is C6H13NO. The summed E-state index contributed by atoms with van der Waals surface area (Å²) in [6.45, 7) is 4.64. The molecule has 0 saturated heterocycles. The minimum absolute atomic E-state index is 0.466. The third kappa shape index (κ3) is 4.09. The zero-order chi connectivity index (χ0) is 6.41. The Kier molecular flexibility index (Phi) is 5.01. The van der Waals surface area contributed by atoms with Crippen LogP contribution >= 0.6 is 0 Å². The van der Waals surface area contributed by atoms with Gasteiger partial charge in [0.05, 0.1) is 6.61 Å². The summed E-state index contributed by atoms with van der Waals surface area (Å²) in [5.41, 5.74) is 0. The smallest absolute Gasteiger partial charge is 0.0745 e. The van der Waals surface area contributed by atoms with E-state index in [0.29, 0.717) is 12.5 Å². The van der Waals surface area contributed by atoms with Crippen molar-refractivity contribution in [1.82, 2.24) is 5.90 Å². The third-order valence-corrected chi connectivity index (χ3v) is 1.14. The van der Waals surface area contributed by atoms with Crippen molar-refractivity contribution in [1.29, 1.82) is 0 Å². The van der Waals surface area contributed by atoms with E-state index in [9.17, 15) is 0 Å². The lowest BCUT2D eigenvalue weighted by Crippen LogP contribution is -2.03. The molecule has 1 atom stereocenters. The quantitative estimate of drug-likeness (QED) is 0.510. The summed E-state index contributed by atoms with van der Waals surface area (Å²) in [7, 11) is 0. The van der Waals surface area contributed by atoms with Gasteiger partial charge in [0.15, 0.2) is 0 Å². The minimum atomic E-state index is 0.466. The molecule has 0 aromatic rings. The highest BCUT2D eigenvalue weighted by Gasteiger charge is 1.97. The Labute approximate surface area is 51.0 Å². The summed E-state index contributed by atoms with van der Waals surface area (Å²) in [6.07, 6.45) is 2.28. The van der Waals surface area contributed by atoms with Crippen LogP contribution in [0.25, 0.3) is 0 Å². The van der Waals surface area contributed by atoms with Crippen molar-refractivity contribution in [3.8, 4) is 0 Å². The Balaban J connectivity index is 2.92. The molecule has 0 spiro atoms. The van der Waals surface area contributed by atoms with Gasteiger partial charge in [-0.05, 0) is 12.3 Å². The van der Waals surface area contributed by atoms with Crippen LogP contribution in [0.1, 0.15) is 26.7 Å². The van der Waals surface area contributed by atoms with Crippen molar-refractivity contribution in [3.05, 3.63) is 0 Å². The number of rotatable bonds is 4. The maximum absolute atomic E-state index is 7.96. The van der Waals surface area contributed by atoms with Crippen LogP contribution in [0, 0.1) is 5.92 Å². The van der Waals surface area contributed by atoms with Crippen LogP contribution in [0.4, 0.5) is 0 Å².